The van der Waals surface area contributed by atoms with Crippen molar-refractivity contribution in [3.05, 3.63) is 51.6 Å². The molecule has 0 saturated heterocycles. The number of aromatic nitrogens is 2. The van der Waals surface area contributed by atoms with Gasteiger partial charge >= 0.3 is 6.03 Å². The summed E-state index contributed by atoms with van der Waals surface area (Å²) in [4.78, 5) is 40.9. The molecular weight excluding hydrogens is 496 g/mol. The van der Waals surface area contributed by atoms with E-state index < -0.39 is 16.5 Å². The number of thioether (sulfide) groups is 1. The maximum absolute atomic E-state index is 12.9. The monoisotopic (exact) mass is 528 g/mol. The van der Waals surface area contributed by atoms with Crippen molar-refractivity contribution >= 4 is 46.1 Å². The van der Waals surface area contributed by atoms with Gasteiger partial charge < -0.3 is 25.3 Å². The van der Waals surface area contributed by atoms with Crippen LogP contribution in [0.5, 0.6) is 5.75 Å². The number of nitrogens with one attached hydrogen (secondary N) is 3. The van der Waals surface area contributed by atoms with Crippen LogP contribution in [0.2, 0.25) is 0 Å². The summed E-state index contributed by atoms with van der Waals surface area (Å²) < 4.78 is 7.36. The van der Waals surface area contributed by atoms with Gasteiger partial charge in [-0.05, 0) is 45.4 Å². The van der Waals surface area contributed by atoms with Crippen molar-refractivity contribution in [2.45, 2.75) is 57.1 Å². The van der Waals surface area contributed by atoms with E-state index in [0.717, 1.165) is 6.42 Å². The van der Waals surface area contributed by atoms with Crippen LogP contribution in [-0.2, 0) is 12.3 Å². The first-order chi connectivity index (χ1) is 17.5. The van der Waals surface area contributed by atoms with Gasteiger partial charge in [0.15, 0.2) is 5.16 Å². The van der Waals surface area contributed by atoms with Gasteiger partial charge in [-0.15, -0.1) is 0 Å². The van der Waals surface area contributed by atoms with Crippen LogP contribution < -0.4 is 20.7 Å². The van der Waals surface area contributed by atoms with Gasteiger partial charge in [0.25, 0.3) is 11.6 Å². The molecule has 1 heterocycles. The normalized spacial score (nSPS) is 11.3. The molecule has 0 spiro atoms. The van der Waals surface area contributed by atoms with E-state index in [-0.39, 0.29) is 11.6 Å². The lowest BCUT2D eigenvalue weighted by Gasteiger charge is -2.21. The van der Waals surface area contributed by atoms with Crippen LogP contribution in [0.3, 0.4) is 0 Å². The summed E-state index contributed by atoms with van der Waals surface area (Å²) in [6.45, 7) is 8.25. The molecule has 11 nitrogen and oxygen atoms in total. The summed E-state index contributed by atoms with van der Waals surface area (Å²) in [5.74, 6) is 0.601. The molecule has 1 aromatic heterocycles. The molecule has 0 aliphatic carbocycles. The number of urea groups is 1. The Balaban J connectivity index is 2.05. The van der Waals surface area contributed by atoms with Gasteiger partial charge in [-0.3, -0.25) is 14.9 Å². The number of methoxy groups -OCH3 is 1. The lowest BCUT2D eigenvalue weighted by atomic mass is 10.1. The summed E-state index contributed by atoms with van der Waals surface area (Å²) in [7, 11) is 3.06. The highest BCUT2D eigenvalue weighted by Gasteiger charge is 2.22. The second-order valence-electron chi connectivity index (χ2n) is 9.39. The number of imidazole rings is 1. The first-order valence-corrected chi connectivity index (χ1v) is 12.8. The summed E-state index contributed by atoms with van der Waals surface area (Å²) in [6.07, 6.45) is 0.792. The number of carbonyl (C=O) groups excluding carboxylic acids is 2. The molecule has 0 unspecified atom stereocenters. The van der Waals surface area contributed by atoms with E-state index >= 15 is 0 Å². The number of hydrogen-bond donors (Lipinski definition) is 3. The van der Waals surface area contributed by atoms with E-state index in [1.807, 2.05) is 32.3 Å². The number of nitro groups is 1. The van der Waals surface area contributed by atoms with Crippen molar-refractivity contribution < 1.29 is 19.2 Å². The van der Waals surface area contributed by atoms with Gasteiger partial charge in [-0.1, -0.05) is 18.7 Å². The van der Waals surface area contributed by atoms with Crippen LogP contribution in [0.1, 0.15) is 50.0 Å². The SMILES string of the molecule is CCCn1c(SCc2cc([N+](=O)[O-])ccc2OC)nc2cc(NC(=O)NC(C)(C)C)cc(C(=O)NC)c21. The molecule has 0 bridgehead atoms. The molecule has 0 saturated carbocycles. The minimum Gasteiger partial charge on any atom is -0.496 e. The van der Waals surface area contributed by atoms with Gasteiger partial charge in [-0.2, -0.15) is 0 Å². The number of nitro benzene ring substituents is 1. The highest BCUT2D eigenvalue weighted by Crippen LogP contribution is 2.34. The van der Waals surface area contributed by atoms with Crippen LogP contribution in [0.15, 0.2) is 35.5 Å². The fourth-order valence-corrected chi connectivity index (χ4v) is 4.82. The van der Waals surface area contributed by atoms with Gasteiger partial charge in [0.1, 0.15) is 5.75 Å². The average molecular weight is 529 g/mol. The Kier molecular flexibility index (Phi) is 8.64. The van der Waals surface area contributed by atoms with Crippen LogP contribution >= 0.6 is 11.8 Å². The zero-order valence-corrected chi connectivity index (χ0v) is 22.6. The van der Waals surface area contributed by atoms with E-state index in [2.05, 4.69) is 16.0 Å². The molecule has 3 amide bonds. The van der Waals surface area contributed by atoms with Crippen molar-refractivity contribution in [1.82, 2.24) is 20.2 Å². The number of amides is 3. The molecule has 2 aromatic carbocycles. The second kappa shape index (κ2) is 11.5. The quantitative estimate of drug-likeness (QED) is 0.203. The number of anilines is 1. The van der Waals surface area contributed by atoms with Crippen molar-refractivity contribution in [1.29, 1.82) is 0 Å². The number of carbonyl (C=O) groups is 2. The van der Waals surface area contributed by atoms with Crippen molar-refractivity contribution in [2.75, 3.05) is 19.5 Å². The van der Waals surface area contributed by atoms with E-state index in [1.165, 1.54) is 31.0 Å². The third kappa shape index (κ3) is 6.70. The predicted molar refractivity (Wildman–Crippen MR) is 145 cm³/mol. The molecular formula is C25H32N6O5S. The average Bonchev–Trinajstić information content (AvgIpc) is 3.17. The van der Waals surface area contributed by atoms with Gasteiger partial charge in [0.2, 0.25) is 0 Å². The van der Waals surface area contributed by atoms with Crippen molar-refractivity contribution in [3.8, 4) is 5.75 Å². The summed E-state index contributed by atoms with van der Waals surface area (Å²) in [5, 5.41) is 20.2. The third-order valence-corrected chi connectivity index (χ3v) is 6.33. The largest absolute Gasteiger partial charge is 0.496 e. The summed E-state index contributed by atoms with van der Waals surface area (Å²) in [5.41, 5.74) is 2.22. The van der Waals surface area contributed by atoms with E-state index in [4.69, 9.17) is 9.72 Å². The van der Waals surface area contributed by atoms with E-state index in [9.17, 15) is 19.7 Å². The Morgan fingerprint density at radius 2 is 1.95 bits per heavy atom. The summed E-state index contributed by atoms with van der Waals surface area (Å²) in [6, 6.07) is 7.44. The number of fused-ring (bicyclic) bond motifs is 1. The Morgan fingerprint density at radius 1 is 1.22 bits per heavy atom. The molecule has 3 N–H and O–H groups in total. The predicted octanol–water partition coefficient (Wildman–Crippen LogP) is 4.94. The standard InChI is InChI=1S/C25H32N6O5S/c1-7-10-30-21-18(22(32)26-5)12-16(27-23(33)29-25(2,3)4)13-19(21)28-24(30)37-14-15-11-17(31(34)35)8-9-20(15)36-6/h8-9,11-13H,7,10,14H2,1-6H3,(H,26,32)(H2,27,29,33). The molecule has 3 aromatic rings. The molecule has 0 aliphatic heterocycles. The number of rotatable bonds is 9. The fourth-order valence-electron chi connectivity index (χ4n) is 3.80. The maximum Gasteiger partial charge on any atom is 0.319 e. The molecule has 0 atom stereocenters. The van der Waals surface area contributed by atoms with Gasteiger partial charge in [0, 0.05) is 48.3 Å². The maximum atomic E-state index is 12.9. The van der Waals surface area contributed by atoms with Crippen LogP contribution in [0.4, 0.5) is 16.2 Å². The highest BCUT2D eigenvalue weighted by molar-refractivity contribution is 7.98. The van der Waals surface area contributed by atoms with E-state index in [1.54, 1.807) is 25.2 Å². The molecule has 3 rings (SSSR count). The third-order valence-electron chi connectivity index (χ3n) is 5.30. The minimum absolute atomic E-state index is 0.0235. The fraction of sp³-hybridized carbons (Fsp3) is 0.400. The molecule has 0 fully saturated rings. The lowest BCUT2D eigenvalue weighted by molar-refractivity contribution is -0.384. The molecule has 198 valence electrons. The number of hydrogen-bond acceptors (Lipinski definition) is 7. The Morgan fingerprint density at radius 3 is 2.54 bits per heavy atom. The highest BCUT2D eigenvalue weighted by atomic mass is 32.2. The number of non-ortho nitro benzene ring substituents is 1. The van der Waals surface area contributed by atoms with Crippen molar-refractivity contribution in [3.63, 3.8) is 0 Å². The molecule has 12 heteroatoms. The minimum atomic E-state index is -0.445. The zero-order chi connectivity index (χ0) is 27.3. The summed E-state index contributed by atoms with van der Waals surface area (Å²) >= 11 is 1.39. The first kappa shape index (κ1) is 27.8. The lowest BCUT2D eigenvalue weighted by Crippen LogP contribution is -2.43. The number of aryl methyl sites for hydroxylation is 1. The van der Waals surface area contributed by atoms with Crippen LogP contribution in [0.25, 0.3) is 11.0 Å². The first-order valence-electron chi connectivity index (χ1n) is 11.8. The Hall–Kier alpha value is -3.80. The van der Waals surface area contributed by atoms with Crippen LogP contribution in [-0.4, -0.2) is 46.1 Å². The Bertz CT molecular complexity index is 1330. The van der Waals surface area contributed by atoms with Gasteiger partial charge in [-0.25, -0.2) is 9.78 Å². The van der Waals surface area contributed by atoms with Crippen molar-refractivity contribution in [2.24, 2.45) is 0 Å². The number of benzene rings is 2. The van der Waals surface area contributed by atoms with Gasteiger partial charge in [0.05, 0.1) is 28.6 Å². The smallest absolute Gasteiger partial charge is 0.319 e. The molecule has 37 heavy (non-hydrogen) atoms. The topological polar surface area (TPSA) is 140 Å². The molecule has 0 radical (unpaired) electrons. The van der Waals surface area contributed by atoms with Crippen LogP contribution in [0, 0.1) is 10.1 Å². The van der Waals surface area contributed by atoms with E-state index in [0.29, 0.717) is 51.1 Å². The second-order valence-corrected chi connectivity index (χ2v) is 10.3. The zero-order valence-electron chi connectivity index (χ0n) is 21.8. The molecule has 0 aliphatic rings. The number of ether oxygens (including phenoxy) is 1. The Labute approximate surface area is 219 Å². The number of nitrogens with zero attached hydrogens (tertiary/aromatic N) is 3.